The van der Waals surface area contributed by atoms with E-state index in [0.29, 0.717) is 17.0 Å². The van der Waals surface area contributed by atoms with E-state index in [9.17, 15) is 0 Å². The summed E-state index contributed by atoms with van der Waals surface area (Å²) in [5.41, 5.74) is 7.36. The topological polar surface area (TPSA) is 93.0 Å². The normalized spacial score (nSPS) is 17.2. The molecule has 0 saturated carbocycles. The van der Waals surface area contributed by atoms with E-state index in [1.807, 2.05) is 30.3 Å². The second-order valence-corrected chi connectivity index (χ2v) is 6.51. The molecule has 0 radical (unpaired) electrons. The first-order valence-electron chi connectivity index (χ1n) is 8.09. The van der Waals surface area contributed by atoms with Crippen molar-refractivity contribution in [2.75, 3.05) is 18.0 Å². The van der Waals surface area contributed by atoms with Crippen LogP contribution in [0.25, 0.3) is 11.2 Å². The Hall–Kier alpha value is -2.67. The third-order valence-electron chi connectivity index (χ3n) is 4.41. The molecule has 7 nitrogen and oxygen atoms in total. The van der Waals surface area contributed by atoms with Crippen LogP contribution in [0.3, 0.4) is 0 Å². The van der Waals surface area contributed by atoms with Crippen LogP contribution in [0.1, 0.15) is 19.8 Å². The zero-order valence-corrected chi connectivity index (χ0v) is 13.6. The maximum Gasteiger partial charge on any atom is 0.266 e. The van der Waals surface area contributed by atoms with E-state index < -0.39 is 0 Å². The van der Waals surface area contributed by atoms with Crippen molar-refractivity contribution in [3.8, 4) is 11.6 Å². The SMILES string of the molecule is CC1(N)CCN(c2cnc3c(Oc4ccccc4)n[nH]c3n2)CC1. The highest BCUT2D eigenvalue weighted by molar-refractivity contribution is 5.77. The maximum atomic E-state index is 6.19. The number of para-hydroxylation sites is 1. The Kier molecular flexibility index (Phi) is 3.57. The Balaban J connectivity index is 1.57. The predicted molar refractivity (Wildman–Crippen MR) is 92.2 cm³/mol. The number of hydrogen-bond donors (Lipinski definition) is 2. The number of benzene rings is 1. The molecule has 1 fully saturated rings. The highest BCUT2D eigenvalue weighted by Gasteiger charge is 2.27. The van der Waals surface area contributed by atoms with Crippen LogP contribution in [0.5, 0.6) is 11.6 Å². The van der Waals surface area contributed by atoms with Crippen LogP contribution in [0.15, 0.2) is 36.5 Å². The summed E-state index contributed by atoms with van der Waals surface area (Å²) in [5.74, 6) is 1.99. The first kappa shape index (κ1) is 14.9. The van der Waals surface area contributed by atoms with Crippen molar-refractivity contribution in [2.24, 2.45) is 5.73 Å². The number of hydrogen-bond acceptors (Lipinski definition) is 6. The zero-order valence-electron chi connectivity index (χ0n) is 13.6. The number of piperidine rings is 1. The molecule has 0 spiro atoms. The summed E-state index contributed by atoms with van der Waals surface area (Å²) in [6.07, 6.45) is 3.66. The highest BCUT2D eigenvalue weighted by atomic mass is 16.5. The standard InChI is InChI=1S/C17H20N6O/c1-17(18)7-9-23(10-8-17)13-11-19-14-15(20-13)21-22-16(14)24-12-5-3-2-4-6-12/h2-6,11H,7-10,18H2,1H3,(H,20,21,22). The minimum atomic E-state index is -0.0846. The minimum absolute atomic E-state index is 0.0846. The lowest BCUT2D eigenvalue weighted by molar-refractivity contribution is 0.363. The third kappa shape index (κ3) is 2.90. The van der Waals surface area contributed by atoms with Gasteiger partial charge in [0.25, 0.3) is 5.88 Å². The van der Waals surface area contributed by atoms with Gasteiger partial charge in [-0.15, -0.1) is 5.10 Å². The van der Waals surface area contributed by atoms with Crippen LogP contribution in [-0.4, -0.2) is 38.8 Å². The molecular weight excluding hydrogens is 304 g/mol. The monoisotopic (exact) mass is 324 g/mol. The number of nitrogens with zero attached hydrogens (tertiary/aromatic N) is 4. The number of H-pyrrole nitrogens is 1. The third-order valence-corrected chi connectivity index (χ3v) is 4.41. The van der Waals surface area contributed by atoms with Crippen molar-refractivity contribution in [3.05, 3.63) is 36.5 Å². The van der Waals surface area contributed by atoms with Crippen LogP contribution in [-0.2, 0) is 0 Å². The Morgan fingerprint density at radius 1 is 1.21 bits per heavy atom. The van der Waals surface area contributed by atoms with Crippen molar-refractivity contribution in [1.29, 1.82) is 0 Å². The quantitative estimate of drug-likeness (QED) is 0.769. The lowest BCUT2D eigenvalue weighted by Gasteiger charge is -2.37. The van der Waals surface area contributed by atoms with Gasteiger partial charge in [0, 0.05) is 18.6 Å². The van der Waals surface area contributed by atoms with Crippen LogP contribution >= 0.6 is 0 Å². The van der Waals surface area contributed by atoms with Gasteiger partial charge >= 0.3 is 0 Å². The highest BCUT2D eigenvalue weighted by Crippen LogP contribution is 2.27. The number of anilines is 1. The smallest absolute Gasteiger partial charge is 0.266 e. The van der Waals surface area contributed by atoms with Crippen molar-refractivity contribution in [2.45, 2.75) is 25.3 Å². The number of aromatic amines is 1. The largest absolute Gasteiger partial charge is 0.436 e. The van der Waals surface area contributed by atoms with E-state index in [4.69, 9.17) is 10.5 Å². The second kappa shape index (κ2) is 5.76. The summed E-state index contributed by atoms with van der Waals surface area (Å²) >= 11 is 0. The molecule has 1 aliphatic heterocycles. The average molecular weight is 324 g/mol. The van der Waals surface area contributed by atoms with Gasteiger partial charge in [0.1, 0.15) is 11.6 Å². The van der Waals surface area contributed by atoms with Crippen LogP contribution in [0.4, 0.5) is 5.82 Å². The van der Waals surface area contributed by atoms with E-state index in [1.54, 1.807) is 6.20 Å². The lowest BCUT2D eigenvalue weighted by Crippen LogP contribution is -2.48. The number of nitrogens with one attached hydrogen (secondary N) is 1. The first-order chi connectivity index (χ1) is 11.6. The molecule has 1 aromatic carbocycles. The molecular formula is C17H20N6O. The van der Waals surface area contributed by atoms with Gasteiger partial charge in [-0.05, 0) is 31.9 Å². The van der Waals surface area contributed by atoms with Crippen LogP contribution in [0, 0.1) is 0 Å². The number of fused-ring (bicyclic) bond motifs is 1. The molecule has 0 atom stereocenters. The van der Waals surface area contributed by atoms with Gasteiger partial charge in [-0.1, -0.05) is 18.2 Å². The Morgan fingerprint density at radius 3 is 2.71 bits per heavy atom. The van der Waals surface area contributed by atoms with Gasteiger partial charge in [-0.25, -0.2) is 9.97 Å². The fourth-order valence-corrected chi connectivity index (χ4v) is 2.84. The van der Waals surface area contributed by atoms with Gasteiger partial charge in [-0.3, -0.25) is 5.10 Å². The summed E-state index contributed by atoms with van der Waals surface area (Å²) in [5, 5.41) is 7.09. The molecule has 0 unspecified atom stereocenters. The summed E-state index contributed by atoms with van der Waals surface area (Å²) in [7, 11) is 0. The van der Waals surface area contributed by atoms with Crippen molar-refractivity contribution < 1.29 is 4.74 Å². The Morgan fingerprint density at radius 2 is 1.96 bits per heavy atom. The first-order valence-corrected chi connectivity index (χ1v) is 8.09. The van der Waals surface area contributed by atoms with E-state index in [2.05, 4.69) is 32.0 Å². The minimum Gasteiger partial charge on any atom is -0.436 e. The summed E-state index contributed by atoms with van der Waals surface area (Å²) in [4.78, 5) is 11.3. The maximum absolute atomic E-state index is 6.19. The van der Waals surface area contributed by atoms with E-state index >= 15 is 0 Å². The fourth-order valence-electron chi connectivity index (χ4n) is 2.84. The molecule has 3 N–H and O–H groups in total. The molecule has 0 bridgehead atoms. The summed E-state index contributed by atoms with van der Waals surface area (Å²) in [6, 6.07) is 9.51. The van der Waals surface area contributed by atoms with Gasteiger partial charge in [0.05, 0.1) is 6.20 Å². The zero-order chi connectivity index (χ0) is 16.6. The fraction of sp³-hybridized carbons (Fsp3) is 0.353. The number of nitrogens with two attached hydrogens (primary N) is 1. The number of rotatable bonds is 3. The lowest BCUT2D eigenvalue weighted by atomic mass is 9.91. The predicted octanol–water partition coefficient (Wildman–Crippen LogP) is 2.46. The second-order valence-electron chi connectivity index (χ2n) is 6.51. The molecule has 0 aliphatic carbocycles. The molecule has 7 heteroatoms. The van der Waals surface area contributed by atoms with Gasteiger partial charge in [0.15, 0.2) is 11.2 Å². The van der Waals surface area contributed by atoms with E-state index in [-0.39, 0.29) is 5.54 Å². The van der Waals surface area contributed by atoms with Gasteiger partial charge in [-0.2, -0.15) is 0 Å². The molecule has 1 aliphatic rings. The molecule has 2 aromatic heterocycles. The molecule has 3 heterocycles. The van der Waals surface area contributed by atoms with Crippen molar-refractivity contribution >= 4 is 17.0 Å². The van der Waals surface area contributed by atoms with Crippen LogP contribution in [0.2, 0.25) is 0 Å². The van der Waals surface area contributed by atoms with Crippen LogP contribution < -0.4 is 15.4 Å². The molecule has 3 aromatic rings. The van der Waals surface area contributed by atoms with E-state index in [0.717, 1.165) is 37.5 Å². The van der Waals surface area contributed by atoms with E-state index in [1.165, 1.54) is 0 Å². The molecule has 124 valence electrons. The van der Waals surface area contributed by atoms with Crippen molar-refractivity contribution in [1.82, 2.24) is 20.2 Å². The van der Waals surface area contributed by atoms with Gasteiger partial charge < -0.3 is 15.4 Å². The number of aromatic nitrogens is 4. The Labute approximate surface area is 139 Å². The molecule has 4 rings (SSSR count). The molecule has 24 heavy (non-hydrogen) atoms. The average Bonchev–Trinajstić information content (AvgIpc) is 2.98. The number of ether oxygens (including phenoxy) is 1. The molecule has 0 amide bonds. The summed E-state index contributed by atoms with van der Waals surface area (Å²) in [6.45, 7) is 3.87. The summed E-state index contributed by atoms with van der Waals surface area (Å²) < 4.78 is 5.77. The van der Waals surface area contributed by atoms with Crippen molar-refractivity contribution in [3.63, 3.8) is 0 Å². The van der Waals surface area contributed by atoms with Gasteiger partial charge in [0.2, 0.25) is 0 Å². The molecule has 1 saturated heterocycles. The Bertz CT molecular complexity index is 835.